The number of ether oxygens (including phenoxy) is 2. The van der Waals surface area contributed by atoms with Crippen molar-refractivity contribution in [2.24, 2.45) is 0 Å². The van der Waals surface area contributed by atoms with Crippen LogP contribution in [0.3, 0.4) is 0 Å². The number of carbonyl (C=O) groups excluding carboxylic acids is 2. The number of thiazole rings is 1. The van der Waals surface area contributed by atoms with Crippen LogP contribution in [-0.4, -0.2) is 46.2 Å². The Labute approximate surface area is 241 Å². The molecule has 0 saturated carbocycles. The number of rotatable bonds is 9. The number of thioether (sulfide) groups is 1. The summed E-state index contributed by atoms with van der Waals surface area (Å²) in [6, 6.07) is 10.2. The fourth-order valence-electron chi connectivity index (χ4n) is 4.40. The molecule has 1 unspecified atom stereocenters. The Morgan fingerprint density at radius 2 is 1.85 bits per heavy atom. The third-order valence-corrected chi connectivity index (χ3v) is 9.37. The second kappa shape index (κ2) is 11.4. The van der Waals surface area contributed by atoms with Crippen LogP contribution in [0.25, 0.3) is 0 Å². The lowest BCUT2D eigenvalue weighted by Gasteiger charge is -2.26. The largest absolute Gasteiger partial charge is 0.503 e. The Morgan fingerprint density at radius 3 is 2.50 bits per heavy atom. The molecule has 1 amide bonds. The van der Waals surface area contributed by atoms with Crippen LogP contribution < -0.4 is 14.4 Å². The van der Waals surface area contributed by atoms with Crippen LogP contribution in [0.1, 0.15) is 37.5 Å². The molecule has 0 saturated heterocycles. The number of para-hydroxylation sites is 1. The van der Waals surface area contributed by atoms with Gasteiger partial charge in [-0.05, 0) is 37.6 Å². The monoisotopic (exact) mass is 598 g/mol. The number of aliphatic hydroxyl groups excluding tert-OH is 1. The maximum Gasteiger partial charge on any atom is 0.296 e. The van der Waals surface area contributed by atoms with Gasteiger partial charge in [-0.2, -0.15) is 0 Å². The van der Waals surface area contributed by atoms with E-state index in [4.69, 9.17) is 9.47 Å². The van der Waals surface area contributed by atoms with E-state index in [-0.39, 0.29) is 16.5 Å². The fraction of sp³-hybridized carbons (Fsp3) is 0.222. The zero-order valence-electron chi connectivity index (χ0n) is 21.8. The van der Waals surface area contributed by atoms with Crippen molar-refractivity contribution >= 4 is 51.3 Å². The van der Waals surface area contributed by atoms with Crippen LogP contribution in [0.2, 0.25) is 0 Å². The van der Waals surface area contributed by atoms with Crippen molar-refractivity contribution in [3.05, 3.63) is 86.3 Å². The number of halogens is 1. The molecule has 2 aromatic carbocycles. The van der Waals surface area contributed by atoms with E-state index in [1.165, 1.54) is 54.4 Å². The molecule has 0 fully saturated rings. The highest BCUT2D eigenvalue weighted by Crippen LogP contribution is 2.48. The summed E-state index contributed by atoms with van der Waals surface area (Å²) in [6.07, 6.45) is 0. The van der Waals surface area contributed by atoms with E-state index in [1.807, 2.05) is 0 Å². The van der Waals surface area contributed by atoms with E-state index in [0.29, 0.717) is 42.7 Å². The molecule has 1 N–H and O–H groups in total. The molecule has 0 bridgehead atoms. The lowest BCUT2D eigenvalue weighted by molar-refractivity contribution is -0.117. The average Bonchev–Trinajstić information content (AvgIpc) is 3.62. The summed E-state index contributed by atoms with van der Waals surface area (Å²) in [5.41, 5.74) is 1.71. The first kappa shape index (κ1) is 27.7. The van der Waals surface area contributed by atoms with E-state index >= 15 is 0 Å². The molecule has 1 atom stereocenters. The number of Topliss-reactive ketones (excluding diaryl/α,β-unsaturated/α-hetero) is 1. The van der Waals surface area contributed by atoms with E-state index in [9.17, 15) is 19.1 Å². The van der Waals surface area contributed by atoms with Gasteiger partial charge in [0.25, 0.3) is 5.91 Å². The van der Waals surface area contributed by atoms with Gasteiger partial charge in [-0.1, -0.05) is 47.4 Å². The van der Waals surface area contributed by atoms with Crippen molar-refractivity contribution in [3.8, 4) is 11.5 Å². The molecular weight excluding hydrogens is 576 g/mol. The second-order valence-electron chi connectivity index (χ2n) is 8.66. The maximum absolute atomic E-state index is 13.9. The summed E-state index contributed by atoms with van der Waals surface area (Å²) in [5.74, 6) is -1.10. The molecule has 1 aliphatic heterocycles. The van der Waals surface area contributed by atoms with Crippen LogP contribution in [0.15, 0.2) is 58.1 Å². The maximum atomic E-state index is 13.9. The number of ketones is 1. The number of aromatic nitrogens is 3. The van der Waals surface area contributed by atoms with Gasteiger partial charge in [0.1, 0.15) is 11.9 Å². The van der Waals surface area contributed by atoms with Gasteiger partial charge in [0.2, 0.25) is 10.9 Å². The van der Waals surface area contributed by atoms with Gasteiger partial charge in [0.05, 0.1) is 35.4 Å². The highest BCUT2D eigenvalue weighted by molar-refractivity contribution is 8.00. The van der Waals surface area contributed by atoms with E-state index in [0.717, 1.165) is 16.9 Å². The number of methoxy groups -OCH3 is 2. The molecule has 40 heavy (non-hydrogen) atoms. The molecular formula is C27H23FN4O5S3. The second-order valence-corrected chi connectivity index (χ2v) is 12.0. The van der Waals surface area contributed by atoms with E-state index in [1.54, 1.807) is 44.2 Å². The van der Waals surface area contributed by atoms with Crippen LogP contribution >= 0.6 is 34.4 Å². The van der Waals surface area contributed by atoms with Crippen molar-refractivity contribution in [3.63, 3.8) is 0 Å². The predicted molar refractivity (Wildman–Crippen MR) is 151 cm³/mol. The number of aliphatic hydroxyl groups is 1. The predicted octanol–water partition coefficient (Wildman–Crippen LogP) is 5.84. The number of benzene rings is 2. The van der Waals surface area contributed by atoms with Gasteiger partial charge in [-0.25, -0.2) is 9.37 Å². The first-order chi connectivity index (χ1) is 19.2. The van der Waals surface area contributed by atoms with Crippen molar-refractivity contribution < 1.29 is 28.6 Å². The molecule has 9 nitrogen and oxygen atoms in total. The summed E-state index contributed by atoms with van der Waals surface area (Å²) < 4.78 is 24.9. The highest BCUT2D eigenvalue weighted by Gasteiger charge is 2.48. The van der Waals surface area contributed by atoms with Gasteiger partial charge in [-0.15, -0.1) is 21.5 Å². The number of aryl methyl sites for hydroxylation is 2. The van der Waals surface area contributed by atoms with Crippen molar-refractivity contribution in [2.75, 3.05) is 19.1 Å². The molecule has 0 spiro atoms. The number of hydrogen-bond acceptors (Lipinski definition) is 11. The molecule has 0 aliphatic carbocycles. The third-order valence-electron chi connectivity index (χ3n) is 6.17. The fourth-order valence-corrected chi connectivity index (χ4v) is 7.10. The summed E-state index contributed by atoms with van der Waals surface area (Å²) >= 11 is 3.70. The molecule has 5 rings (SSSR count). The molecule has 2 aromatic heterocycles. The Morgan fingerprint density at radius 1 is 1.10 bits per heavy atom. The van der Waals surface area contributed by atoms with Gasteiger partial charge in [-0.3, -0.25) is 14.5 Å². The minimum atomic E-state index is -1.07. The smallest absolute Gasteiger partial charge is 0.296 e. The Kier molecular flexibility index (Phi) is 7.88. The minimum Gasteiger partial charge on any atom is -0.503 e. The van der Waals surface area contributed by atoms with Gasteiger partial charge in [0, 0.05) is 11.3 Å². The van der Waals surface area contributed by atoms with Crippen molar-refractivity contribution in [1.29, 1.82) is 0 Å². The van der Waals surface area contributed by atoms with Crippen LogP contribution in [-0.2, 0) is 10.5 Å². The summed E-state index contributed by atoms with van der Waals surface area (Å²) in [5, 5.41) is 20.4. The molecule has 0 radical (unpaired) electrons. The summed E-state index contributed by atoms with van der Waals surface area (Å²) in [7, 11) is 2.94. The third kappa shape index (κ3) is 5.07. The van der Waals surface area contributed by atoms with Crippen LogP contribution in [0.5, 0.6) is 11.5 Å². The lowest BCUT2D eigenvalue weighted by atomic mass is 9.94. The molecule has 3 heterocycles. The number of hydrogen-bond donors (Lipinski definition) is 1. The summed E-state index contributed by atoms with van der Waals surface area (Å²) in [6.45, 7) is 3.49. The standard InChI is InChI=1S/C27H23FN4O5S3/c1-13-24(39-14(2)29-13)21(33)19-20(17-6-5-7-18(36-3)23(17)37-4)32(25(35)22(19)34)26-30-31-27(40-26)38-12-15-8-10-16(28)11-9-15/h5-11,20,34H,12H2,1-4H3. The van der Waals surface area contributed by atoms with Gasteiger partial charge in [0.15, 0.2) is 21.6 Å². The first-order valence-electron chi connectivity index (χ1n) is 11.9. The van der Waals surface area contributed by atoms with Gasteiger partial charge >= 0.3 is 0 Å². The molecule has 206 valence electrons. The normalized spacial score (nSPS) is 15.2. The van der Waals surface area contributed by atoms with Crippen LogP contribution in [0.4, 0.5) is 9.52 Å². The topological polar surface area (TPSA) is 115 Å². The Balaban J connectivity index is 1.57. The Hall–Kier alpha value is -3.81. The lowest BCUT2D eigenvalue weighted by Crippen LogP contribution is -2.31. The van der Waals surface area contributed by atoms with Crippen molar-refractivity contribution in [1.82, 2.24) is 15.2 Å². The molecule has 1 aliphatic rings. The van der Waals surface area contributed by atoms with E-state index in [2.05, 4.69) is 15.2 Å². The molecule has 4 aromatic rings. The number of amides is 1. The van der Waals surface area contributed by atoms with Crippen LogP contribution in [0, 0.1) is 19.7 Å². The quantitative estimate of drug-likeness (QED) is 0.144. The average molecular weight is 599 g/mol. The molecule has 13 heteroatoms. The van der Waals surface area contributed by atoms with Crippen molar-refractivity contribution in [2.45, 2.75) is 30.0 Å². The zero-order chi connectivity index (χ0) is 28.6. The number of carbonyl (C=O) groups is 2. The summed E-state index contributed by atoms with van der Waals surface area (Å²) in [4.78, 5) is 33.4. The van der Waals surface area contributed by atoms with Gasteiger partial charge < -0.3 is 14.6 Å². The Bertz CT molecular complexity index is 1630. The van der Waals surface area contributed by atoms with E-state index < -0.39 is 23.5 Å². The number of nitrogens with zero attached hydrogens (tertiary/aromatic N) is 4. The SMILES string of the molecule is COc1cccc(C2C(C(=O)c3sc(C)nc3C)=C(O)C(=O)N2c2nnc(SCc3ccc(F)cc3)s2)c1OC. The zero-order valence-corrected chi connectivity index (χ0v) is 24.2. The first-order valence-corrected chi connectivity index (χ1v) is 14.5. The minimum absolute atomic E-state index is 0.112. The number of anilines is 1. The highest BCUT2D eigenvalue weighted by atomic mass is 32.2.